The quantitative estimate of drug-likeness (QED) is 0.634. The summed E-state index contributed by atoms with van der Waals surface area (Å²) >= 11 is 9.10. The molecular formula is C20H20ClN3O4S2. The maximum absolute atomic E-state index is 12.5. The second-order valence-electron chi connectivity index (χ2n) is 7.28. The number of halogens is 1. The Labute approximate surface area is 186 Å². The number of ether oxygens (including phenoxy) is 1. The van der Waals surface area contributed by atoms with E-state index >= 15 is 0 Å². The van der Waals surface area contributed by atoms with Gasteiger partial charge in [-0.25, -0.2) is 4.79 Å². The van der Waals surface area contributed by atoms with Gasteiger partial charge in [-0.15, -0.1) is 23.1 Å². The van der Waals surface area contributed by atoms with Gasteiger partial charge >= 0.3 is 5.97 Å². The van der Waals surface area contributed by atoms with Crippen LogP contribution in [0.3, 0.4) is 0 Å². The number of aromatic nitrogens is 1. The number of fused-ring (bicyclic) bond motifs is 1. The van der Waals surface area contributed by atoms with Crippen LogP contribution in [0.2, 0.25) is 5.02 Å². The van der Waals surface area contributed by atoms with E-state index in [0.29, 0.717) is 28.5 Å². The molecule has 0 aliphatic carbocycles. The largest absolute Gasteiger partial charge is 0.454 e. The summed E-state index contributed by atoms with van der Waals surface area (Å²) in [6.45, 7) is 1.98. The molecule has 2 aromatic rings. The number of amides is 2. The SMILES string of the molecule is C[C@]12CCC(=O)N1[C@@H](C(=O)OCC(=O)N=c1sccn1Cc1ccccc1Cl)CS2. The molecule has 0 N–H and O–H groups in total. The lowest BCUT2D eigenvalue weighted by Crippen LogP contribution is -2.46. The van der Waals surface area contributed by atoms with E-state index in [0.717, 1.165) is 12.0 Å². The van der Waals surface area contributed by atoms with Gasteiger partial charge in [0.05, 0.1) is 11.4 Å². The maximum atomic E-state index is 12.5. The average molecular weight is 466 g/mol. The summed E-state index contributed by atoms with van der Waals surface area (Å²) in [6.07, 6.45) is 2.98. The standard InChI is InChI=1S/C20H20ClN3O4S2/c1-20-7-6-17(26)24(20)15(12-30-20)18(27)28-11-16(25)22-19-23(8-9-29-19)10-13-4-2-3-5-14(13)21/h2-5,8-9,15H,6-7,10-12H2,1H3/t15-,20+/m1/s1. The van der Waals surface area contributed by atoms with Crippen molar-refractivity contribution in [1.29, 1.82) is 0 Å². The molecule has 0 radical (unpaired) electrons. The van der Waals surface area contributed by atoms with Gasteiger partial charge in [-0.1, -0.05) is 29.8 Å². The van der Waals surface area contributed by atoms with Crippen molar-refractivity contribution in [2.24, 2.45) is 4.99 Å². The van der Waals surface area contributed by atoms with E-state index in [2.05, 4.69) is 4.99 Å². The van der Waals surface area contributed by atoms with Crippen molar-refractivity contribution in [3.8, 4) is 0 Å². The number of esters is 1. The first-order chi connectivity index (χ1) is 14.4. The third-order valence-electron chi connectivity index (χ3n) is 5.23. The highest BCUT2D eigenvalue weighted by atomic mass is 35.5. The van der Waals surface area contributed by atoms with Gasteiger partial charge in [0.15, 0.2) is 11.4 Å². The van der Waals surface area contributed by atoms with Crippen LogP contribution < -0.4 is 4.80 Å². The zero-order valence-corrected chi connectivity index (χ0v) is 18.6. The molecule has 7 nitrogen and oxygen atoms in total. The molecule has 0 bridgehead atoms. The minimum atomic E-state index is -0.644. The Hall–Kier alpha value is -2.10. The second-order valence-corrected chi connectivity index (χ2v) is 10.1. The highest BCUT2D eigenvalue weighted by Crippen LogP contribution is 2.47. The molecule has 158 valence electrons. The van der Waals surface area contributed by atoms with E-state index in [4.69, 9.17) is 16.3 Å². The minimum Gasteiger partial charge on any atom is -0.454 e. The number of rotatable bonds is 5. The van der Waals surface area contributed by atoms with Crippen molar-refractivity contribution in [2.75, 3.05) is 12.4 Å². The number of carbonyl (C=O) groups excluding carboxylic acids is 3. The third kappa shape index (κ3) is 4.19. The Balaban J connectivity index is 1.39. The minimum absolute atomic E-state index is 0.0420. The van der Waals surface area contributed by atoms with Gasteiger partial charge in [0.25, 0.3) is 5.91 Å². The molecule has 0 saturated carbocycles. The Morgan fingerprint density at radius 3 is 2.97 bits per heavy atom. The van der Waals surface area contributed by atoms with Crippen LogP contribution in [0.1, 0.15) is 25.3 Å². The Bertz CT molecular complexity index is 1070. The lowest BCUT2D eigenvalue weighted by molar-refractivity contribution is -0.155. The molecule has 1 aromatic heterocycles. The van der Waals surface area contributed by atoms with Gasteiger partial charge in [0.1, 0.15) is 6.04 Å². The van der Waals surface area contributed by atoms with Crippen LogP contribution in [-0.4, -0.2) is 50.5 Å². The van der Waals surface area contributed by atoms with E-state index in [1.54, 1.807) is 16.7 Å². The van der Waals surface area contributed by atoms with Crippen LogP contribution in [0.25, 0.3) is 0 Å². The monoisotopic (exact) mass is 465 g/mol. The van der Waals surface area contributed by atoms with Gasteiger partial charge in [-0.3, -0.25) is 9.59 Å². The first-order valence-electron chi connectivity index (χ1n) is 9.45. The van der Waals surface area contributed by atoms with Crippen LogP contribution in [0.15, 0.2) is 40.8 Å². The summed E-state index contributed by atoms with van der Waals surface area (Å²) in [4.78, 5) is 42.8. The Morgan fingerprint density at radius 2 is 2.17 bits per heavy atom. The molecule has 1 aromatic carbocycles. The van der Waals surface area contributed by atoms with Crippen LogP contribution in [0.4, 0.5) is 0 Å². The summed E-state index contributed by atoms with van der Waals surface area (Å²) in [5.74, 6) is -0.672. The van der Waals surface area contributed by atoms with Crippen molar-refractivity contribution in [2.45, 2.75) is 37.2 Å². The second kappa shape index (κ2) is 8.56. The van der Waals surface area contributed by atoms with Crippen molar-refractivity contribution in [1.82, 2.24) is 9.47 Å². The number of nitrogens with zero attached hydrogens (tertiary/aromatic N) is 3. The molecule has 0 spiro atoms. The molecule has 10 heteroatoms. The first-order valence-corrected chi connectivity index (χ1v) is 11.7. The van der Waals surface area contributed by atoms with Crippen LogP contribution in [0, 0.1) is 0 Å². The van der Waals surface area contributed by atoms with Gasteiger partial charge in [-0.05, 0) is 25.0 Å². The average Bonchev–Trinajstić information content (AvgIpc) is 3.38. The number of thiazole rings is 1. The third-order valence-corrected chi connectivity index (χ3v) is 7.90. The fourth-order valence-electron chi connectivity index (χ4n) is 3.68. The van der Waals surface area contributed by atoms with Crippen LogP contribution in [0.5, 0.6) is 0 Å². The van der Waals surface area contributed by atoms with Crippen molar-refractivity contribution >= 4 is 52.5 Å². The number of carbonyl (C=O) groups is 3. The molecule has 2 aliphatic rings. The molecule has 2 aliphatic heterocycles. The first kappa shape index (κ1) is 21.1. The molecular weight excluding hydrogens is 446 g/mol. The van der Waals surface area contributed by atoms with E-state index in [-0.39, 0.29) is 10.8 Å². The summed E-state index contributed by atoms with van der Waals surface area (Å²) < 4.78 is 7.01. The summed E-state index contributed by atoms with van der Waals surface area (Å²) in [5.41, 5.74) is 0.912. The van der Waals surface area contributed by atoms with Crippen molar-refractivity contribution in [3.05, 3.63) is 51.2 Å². The lowest BCUT2D eigenvalue weighted by atomic mass is 10.2. The topological polar surface area (TPSA) is 81.0 Å². The number of hydrogen-bond donors (Lipinski definition) is 0. The summed E-state index contributed by atoms with van der Waals surface area (Å²) in [6, 6.07) is 6.83. The predicted molar refractivity (Wildman–Crippen MR) is 115 cm³/mol. The smallest absolute Gasteiger partial charge is 0.330 e. The van der Waals surface area contributed by atoms with Crippen molar-refractivity contribution in [3.63, 3.8) is 0 Å². The summed E-state index contributed by atoms with van der Waals surface area (Å²) in [7, 11) is 0. The number of benzene rings is 1. The molecule has 2 saturated heterocycles. The number of hydrogen-bond acceptors (Lipinski definition) is 6. The lowest BCUT2D eigenvalue weighted by Gasteiger charge is -2.29. The van der Waals surface area contributed by atoms with Gasteiger partial charge in [-0.2, -0.15) is 4.99 Å². The normalized spacial score (nSPS) is 23.7. The molecule has 30 heavy (non-hydrogen) atoms. The van der Waals surface area contributed by atoms with E-state index in [1.807, 2.05) is 47.3 Å². The van der Waals surface area contributed by atoms with E-state index < -0.39 is 24.5 Å². The van der Waals surface area contributed by atoms with Crippen LogP contribution >= 0.6 is 34.7 Å². The molecule has 2 atom stereocenters. The molecule has 2 fully saturated rings. The zero-order chi connectivity index (χ0) is 21.3. The van der Waals surface area contributed by atoms with Gasteiger partial charge in [0, 0.05) is 28.8 Å². The van der Waals surface area contributed by atoms with E-state index in [1.165, 1.54) is 11.3 Å². The molecule has 3 heterocycles. The highest BCUT2D eigenvalue weighted by molar-refractivity contribution is 8.01. The van der Waals surface area contributed by atoms with Gasteiger partial charge < -0.3 is 14.2 Å². The van der Waals surface area contributed by atoms with Gasteiger partial charge in [0.2, 0.25) is 5.91 Å². The van der Waals surface area contributed by atoms with Crippen LogP contribution in [-0.2, 0) is 25.7 Å². The Morgan fingerprint density at radius 1 is 1.37 bits per heavy atom. The van der Waals surface area contributed by atoms with Crippen molar-refractivity contribution < 1.29 is 19.1 Å². The Kier molecular flexibility index (Phi) is 6.04. The molecule has 2 amide bonds. The zero-order valence-electron chi connectivity index (χ0n) is 16.2. The number of thioether (sulfide) groups is 1. The maximum Gasteiger partial charge on any atom is 0.330 e. The molecule has 4 rings (SSSR count). The molecule has 0 unspecified atom stereocenters. The van der Waals surface area contributed by atoms with E-state index in [9.17, 15) is 14.4 Å². The summed E-state index contributed by atoms with van der Waals surface area (Å²) in [5, 5.41) is 2.46. The fourth-order valence-corrected chi connectivity index (χ4v) is 6.04. The predicted octanol–water partition coefficient (Wildman–Crippen LogP) is 2.68. The highest BCUT2D eigenvalue weighted by Gasteiger charge is 2.53. The fraction of sp³-hybridized carbons (Fsp3) is 0.400.